The van der Waals surface area contributed by atoms with E-state index in [1.165, 1.54) is 0 Å². The van der Waals surface area contributed by atoms with Gasteiger partial charge in [-0.25, -0.2) is 0 Å². The third-order valence-electron chi connectivity index (χ3n) is 5.57. The lowest BCUT2D eigenvalue weighted by Gasteiger charge is -2.43. The zero-order valence-electron chi connectivity index (χ0n) is 16.9. The number of hydrogen-bond acceptors (Lipinski definition) is 11. The van der Waals surface area contributed by atoms with E-state index in [9.17, 15) is 35.7 Å². The molecular weight excluding hydrogens is 416 g/mol. The fourth-order valence-corrected chi connectivity index (χ4v) is 3.64. The van der Waals surface area contributed by atoms with Gasteiger partial charge in [-0.3, -0.25) is 0 Å². The second kappa shape index (κ2) is 10.6. The molecule has 11 atom stereocenters. The fourth-order valence-electron chi connectivity index (χ4n) is 3.64. The van der Waals surface area contributed by atoms with Gasteiger partial charge in [0.2, 0.25) is 0 Å². The first-order valence-electron chi connectivity index (χ1n) is 10.1. The van der Waals surface area contributed by atoms with Gasteiger partial charge >= 0.3 is 0 Å². The van der Waals surface area contributed by atoms with Crippen LogP contribution < -0.4 is 0 Å². The highest BCUT2D eigenvalue weighted by molar-refractivity contribution is 5.17. The summed E-state index contributed by atoms with van der Waals surface area (Å²) in [5.41, 5.74) is 0.810. The molecule has 2 aliphatic heterocycles. The number of benzene rings is 1. The SMILES string of the molecule is CC(O[C@@H]1[C@@H](O)[C@H](O)[C@@H](CO[C@@H]2O[C@H](CO)[C@@H](O)[C@H](O)[C@H]2O)O[C@H]1O)c1ccccc1. The van der Waals surface area contributed by atoms with Crippen molar-refractivity contribution in [3.05, 3.63) is 35.9 Å². The van der Waals surface area contributed by atoms with Crippen LogP contribution in [0.25, 0.3) is 0 Å². The molecule has 0 spiro atoms. The Morgan fingerprint density at radius 3 is 2.13 bits per heavy atom. The summed E-state index contributed by atoms with van der Waals surface area (Å²) in [7, 11) is 0. The van der Waals surface area contributed by atoms with E-state index in [1.54, 1.807) is 6.92 Å². The average Bonchev–Trinajstić information content (AvgIpc) is 2.78. The molecule has 11 heteroatoms. The molecule has 0 saturated carbocycles. The molecule has 0 aliphatic carbocycles. The third-order valence-corrected chi connectivity index (χ3v) is 5.57. The van der Waals surface area contributed by atoms with Gasteiger partial charge in [0.1, 0.15) is 48.8 Å². The van der Waals surface area contributed by atoms with Crippen molar-refractivity contribution in [2.45, 2.75) is 74.4 Å². The van der Waals surface area contributed by atoms with Crippen LogP contribution in [0.3, 0.4) is 0 Å². The largest absolute Gasteiger partial charge is 0.394 e. The van der Waals surface area contributed by atoms with Crippen molar-refractivity contribution in [3.63, 3.8) is 0 Å². The molecule has 2 saturated heterocycles. The number of aliphatic hydroxyl groups excluding tert-OH is 7. The highest BCUT2D eigenvalue weighted by atomic mass is 16.7. The Balaban J connectivity index is 1.57. The molecule has 11 nitrogen and oxygen atoms in total. The minimum Gasteiger partial charge on any atom is -0.394 e. The Labute approximate surface area is 179 Å². The van der Waals surface area contributed by atoms with E-state index in [4.69, 9.17) is 18.9 Å². The van der Waals surface area contributed by atoms with Gasteiger partial charge in [-0.05, 0) is 12.5 Å². The van der Waals surface area contributed by atoms with Crippen molar-refractivity contribution in [1.82, 2.24) is 0 Å². The van der Waals surface area contributed by atoms with Crippen LogP contribution in [0, 0.1) is 0 Å². The summed E-state index contributed by atoms with van der Waals surface area (Å²) in [6, 6.07) is 9.12. The molecule has 1 unspecified atom stereocenters. The zero-order valence-corrected chi connectivity index (χ0v) is 16.9. The maximum atomic E-state index is 10.5. The second-order valence-corrected chi connectivity index (χ2v) is 7.73. The van der Waals surface area contributed by atoms with Gasteiger partial charge in [0.25, 0.3) is 0 Å². The maximum absolute atomic E-state index is 10.5. The van der Waals surface area contributed by atoms with E-state index in [-0.39, 0.29) is 0 Å². The van der Waals surface area contributed by atoms with Gasteiger partial charge in [0, 0.05) is 0 Å². The summed E-state index contributed by atoms with van der Waals surface area (Å²) in [6.07, 6.45) is -14.9. The van der Waals surface area contributed by atoms with Crippen LogP contribution in [0.5, 0.6) is 0 Å². The van der Waals surface area contributed by atoms with Crippen molar-refractivity contribution in [1.29, 1.82) is 0 Å². The van der Waals surface area contributed by atoms with E-state index in [0.29, 0.717) is 0 Å². The van der Waals surface area contributed by atoms with Crippen molar-refractivity contribution in [2.24, 2.45) is 0 Å². The van der Waals surface area contributed by atoms with Crippen LogP contribution in [0.15, 0.2) is 30.3 Å². The van der Waals surface area contributed by atoms with Crippen LogP contribution in [0.1, 0.15) is 18.6 Å². The topological polar surface area (TPSA) is 179 Å². The molecule has 2 aliphatic rings. The molecular formula is C20H30O11. The Morgan fingerprint density at radius 1 is 0.839 bits per heavy atom. The van der Waals surface area contributed by atoms with Crippen LogP contribution in [-0.2, 0) is 18.9 Å². The summed E-state index contributed by atoms with van der Waals surface area (Å²) in [6.45, 7) is 0.678. The summed E-state index contributed by atoms with van der Waals surface area (Å²) < 4.78 is 21.6. The Hall–Kier alpha value is -1.22. The van der Waals surface area contributed by atoms with E-state index in [1.807, 2.05) is 30.3 Å². The van der Waals surface area contributed by atoms with Crippen molar-refractivity contribution in [3.8, 4) is 0 Å². The molecule has 0 radical (unpaired) electrons. The van der Waals surface area contributed by atoms with Crippen molar-refractivity contribution >= 4 is 0 Å². The van der Waals surface area contributed by atoms with Crippen LogP contribution >= 0.6 is 0 Å². The van der Waals surface area contributed by atoms with Gasteiger partial charge in [-0.2, -0.15) is 0 Å². The molecule has 31 heavy (non-hydrogen) atoms. The third kappa shape index (κ3) is 5.41. The molecule has 1 aromatic carbocycles. The molecule has 1 aromatic rings. The lowest BCUT2D eigenvalue weighted by molar-refractivity contribution is -0.331. The standard InChI is InChI=1S/C20H30O11/c1-9(10-5-3-2-4-6-10)29-18-16(25)14(23)12(30-19(18)27)8-28-20-17(26)15(24)13(22)11(7-21)31-20/h2-6,9,11-27H,7-8H2,1H3/t9?,11-,12-,13-,14-,15+,16+,17-,18-,19-,20-/m1/s1. The lowest BCUT2D eigenvalue weighted by Crippen LogP contribution is -2.61. The molecule has 0 bridgehead atoms. The van der Waals surface area contributed by atoms with Gasteiger partial charge < -0.3 is 54.7 Å². The first-order valence-corrected chi connectivity index (χ1v) is 10.1. The zero-order chi connectivity index (χ0) is 22.7. The van der Waals surface area contributed by atoms with Gasteiger partial charge in [0.05, 0.1) is 19.3 Å². The summed E-state index contributed by atoms with van der Waals surface area (Å²) in [5.74, 6) is 0. The Morgan fingerprint density at radius 2 is 1.48 bits per heavy atom. The van der Waals surface area contributed by atoms with Crippen LogP contribution in [-0.4, -0.2) is 110 Å². The Bertz CT molecular complexity index is 674. The minimum absolute atomic E-state index is 0.432. The predicted molar refractivity (Wildman–Crippen MR) is 102 cm³/mol. The van der Waals surface area contributed by atoms with E-state index >= 15 is 0 Å². The smallest absolute Gasteiger partial charge is 0.186 e. The Kier molecular flexibility index (Phi) is 8.35. The van der Waals surface area contributed by atoms with Crippen molar-refractivity contribution < 1.29 is 54.7 Å². The molecule has 2 heterocycles. The van der Waals surface area contributed by atoms with Crippen molar-refractivity contribution in [2.75, 3.05) is 13.2 Å². The number of hydrogen-bond donors (Lipinski definition) is 7. The number of rotatable bonds is 7. The molecule has 0 aromatic heterocycles. The van der Waals surface area contributed by atoms with Gasteiger partial charge in [-0.15, -0.1) is 0 Å². The average molecular weight is 446 g/mol. The molecule has 3 rings (SSSR count). The quantitative estimate of drug-likeness (QED) is 0.233. The monoisotopic (exact) mass is 446 g/mol. The summed E-state index contributed by atoms with van der Waals surface area (Å²) >= 11 is 0. The highest BCUT2D eigenvalue weighted by Crippen LogP contribution is 2.29. The van der Waals surface area contributed by atoms with Crippen LogP contribution in [0.2, 0.25) is 0 Å². The summed E-state index contributed by atoms with van der Waals surface area (Å²) in [4.78, 5) is 0. The first kappa shape index (κ1) is 24.4. The fraction of sp³-hybridized carbons (Fsp3) is 0.700. The van der Waals surface area contributed by atoms with Crippen LogP contribution in [0.4, 0.5) is 0 Å². The van der Waals surface area contributed by atoms with E-state index < -0.39 is 80.7 Å². The normalized spacial score (nSPS) is 42.3. The molecule has 2 fully saturated rings. The van der Waals surface area contributed by atoms with Gasteiger partial charge in [-0.1, -0.05) is 30.3 Å². The summed E-state index contributed by atoms with van der Waals surface area (Å²) in [5, 5.41) is 70.0. The maximum Gasteiger partial charge on any atom is 0.186 e. The number of ether oxygens (including phenoxy) is 4. The van der Waals surface area contributed by atoms with Gasteiger partial charge in [0.15, 0.2) is 12.6 Å². The first-order chi connectivity index (χ1) is 14.7. The second-order valence-electron chi connectivity index (χ2n) is 7.73. The van der Waals surface area contributed by atoms with E-state index in [2.05, 4.69) is 0 Å². The molecule has 176 valence electrons. The number of aliphatic hydroxyl groups is 7. The minimum atomic E-state index is -1.63. The molecule has 0 amide bonds. The highest BCUT2D eigenvalue weighted by Gasteiger charge is 2.48. The lowest BCUT2D eigenvalue weighted by atomic mass is 9.98. The predicted octanol–water partition coefficient (Wildman–Crippen LogP) is -2.61. The van der Waals surface area contributed by atoms with E-state index in [0.717, 1.165) is 5.56 Å². The molecule has 7 N–H and O–H groups in total.